The molecule has 2 aliphatic rings. The third-order valence-electron chi connectivity index (χ3n) is 3.93. The third-order valence-corrected chi connectivity index (χ3v) is 3.93. The molecule has 0 aliphatic carbocycles. The summed E-state index contributed by atoms with van der Waals surface area (Å²) in [7, 11) is 0. The van der Waals surface area contributed by atoms with E-state index in [4.69, 9.17) is 0 Å². The molecule has 0 saturated carbocycles. The average molecular weight is 259 g/mol. The minimum atomic E-state index is -0.900. The van der Waals surface area contributed by atoms with Crippen LogP contribution >= 0.6 is 0 Å². The summed E-state index contributed by atoms with van der Waals surface area (Å²) >= 11 is 0. The first kappa shape index (κ1) is 12.0. The molecule has 1 unspecified atom stereocenters. The number of imide groups is 1. The lowest BCUT2D eigenvalue weighted by molar-refractivity contribution is -0.124. The van der Waals surface area contributed by atoms with Gasteiger partial charge in [-0.15, -0.1) is 0 Å². The van der Waals surface area contributed by atoms with Crippen LogP contribution in [0.4, 0.5) is 10.5 Å². The fourth-order valence-corrected chi connectivity index (χ4v) is 2.80. The third kappa shape index (κ3) is 1.69. The number of carbonyl (C=O) groups is 2. The highest BCUT2D eigenvalue weighted by molar-refractivity contribution is 6.08. The number of rotatable bonds is 1. The van der Waals surface area contributed by atoms with Gasteiger partial charge in [-0.3, -0.25) is 10.1 Å². The van der Waals surface area contributed by atoms with Crippen LogP contribution in [0.25, 0.3) is 0 Å². The molecule has 1 saturated heterocycles. The van der Waals surface area contributed by atoms with E-state index in [1.807, 2.05) is 12.1 Å². The zero-order valence-electron chi connectivity index (χ0n) is 11.0. The fourth-order valence-electron chi connectivity index (χ4n) is 2.80. The normalized spacial score (nSPS) is 25.0. The van der Waals surface area contributed by atoms with Gasteiger partial charge in [0.1, 0.15) is 5.54 Å². The molecule has 0 radical (unpaired) electrons. The Morgan fingerprint density at radius 2 is 2.05 bits per heavy atom. The highest BCUT2D eigenvalue weighted by Crippen LogP contribution is 2.38. The van der Waals surface area contributed by atoms with Crippen LogP contribution in [0.5, 0.6) is 0 Å². The van der Waals surface area contributed by atoms with Crippen molar-refractivity contribution in [1.29, 1.82) is 0 Å². The molecular weight excluding hydrogens is 242 g/mol. The van der Waals surface area contributed by atoms with E-state index in [-0.39, 0.29) is 5.91 Å². The molecule has 0 aromatic heterocycles. The Labute approximate surface area is 111 Å². The van der Waals surface area contributed by atoms with E-state index in [1.165, 1.54) is 0 Å². The first-order valence-electron chi connectivity index (χ1n) is 6.55. The van der Waals surface area contributed by atoms with Gasteiger partial charge in [0.05, 0.1) is 0 Å². The molecule has 2 aliphatic heterocycles. The fraction of sp³-hybridized carbons (Fsp3) is 0.429. The van der Waals surface area contributed by atoms with Gasteiger partial charge in [0, 0.05) is 24.2 Å². The number of anilines is 1. The van der Waals surface area contributed by atoms with E-state index < -0.39 is 11.6 Å². The number of nitrogens with one attached hydrogen (secondary N) is 3. The Morgan fingerprint density at radius 3 is 2.68 bits per heavy atom. The minimum absolute atomic E-state index is 0.249. The first-order chi connectivity index (χ1) is 9.03. The van der Waals surface area contributed by atoms with E-state index in [1.54, 1.807) is 0 Å². The zero-order chi connectivity index (χ0) is 13.6. The summed E-state index contributed by atoms with van der Waals surface area (Å²) in [6, 6.07) is 5.66. The van der Waals surface area contributed by atoms with Gasteiger partial charge in [0.15, 0.2) is 0 Å². The molecule has 19 heavy (non-hydrogen) atoms. The van der Waals surface area contributed by atoms with Crippen LogP contribution in [0.1, 0.15) is 37.3 Å². The van der Waals surface area contributed by atoms with E-state index in [0.717, 1.165) is 16.8 Å². The summed E-state index contributed by atoms with van der Waals surface area (Å²) < 4.78 is 0. The molecule has 3 N–H and O–H groups in total. The number of amides is 3. The number of benzene rings is 1. The second-order valence-corrected chi connectivity index (χ2v) is 5.45. The van der Waals surface area contributed by atoms with E-state index in [0.29, 0.717) is 18.9 Å². The molecular formula is C14H17N3O2. The predicted molar refractivity (Wildman–Crippen MR) is 72.0 cm³/mol. The van der Waals surface area contributed by atoms with Crippen LogP contribution in [0, 0.1) is 0 Å². The Morgan fingerprint density at radius 1 is 1.26 bits per heavy atom. The number of fused-ring (bicyclic) bond motifs is 2. The monoisotopic (exact) mass is 259 g/mol. The Balaban J connectivity index is 2.15. The van der Waals surface area contributed by atoms with Gasteiger partial charge in [-0.25, -0.2) is 4.79 Å². The maximum atomic E-state index is 12.2. The first-order valence-corrected chi connectivity index (χ1v) is 6.55. The smallest absolute Gasteiger partial charge is 0.322 e. The number of carbonyl (C=O) groups excluding carboxylic acids is 2. The molecule has 0 bridgehead atoms. The summed E-state index contributed by atoms with van der Waals surface area (Å²) in [5, 5.41) is 8.44. The Bertz CT molecular complexity index is 568. The second-order valence-electron chi connectivity index (χ2n) is 5.45. The van der Waals surface area contributed by atoms with Gasteiger partial charge in [-0.2, -0.15) is 0 Å². The zero-order valence-corrected chi connectivity index (χ0v) is 11.0. The van der Waals surface area contributed by atoms with Gasteiger partial charge in [0.2, 0.25) is 0 Å². The summed E-state index contributed by atoms with van der Waals surface area (Å²) in [5.74, 6) is 0.130. The number of hydrogen-bond acceptors (Lipinski definition) is 3. The van der Waals surface area contributed by atoms with E-state index >= 15 is 0 Å². The van der Waals surface area contributed by atoms with Gasteiger partial charge in [0.25, 0.3) is 5.91 Å². The van der Waals surface area contributed by atoms with Crippen molar-refractivity contribution < 1.29 is 9.59 Å². The topological polar surface area (TPSA) is 70.2 Å². The van der Waals surface area contributed by atoms with E-state index in [2.05, 4.69) is 35.9 Å². The SMILES string of the molecule is CC(C)c1ccc2c(c1)C1(CCN2)NC(=O)NC1=O. The second kappa shape index (κ2) is 3.98. The van der Waals surface area contributed by atoms with Crippen molar-refractivity contribution >= 4 is 17.6 Å². The summed E-state index contributed by atoms with van der Waals surface area (Å²) in [4.78, 5) is 23.7. The van der Waals surface area contributed by atoms with Gasteiger partial charge in [-0.05, 0) is 17.5 Å². The minimum Gasteiger partial charge on any atom is -0.385 e. The highest BCUT2D eigenvalue weighted by Gasteiger charge is 2.50. The van der Waals surface area contributed by atoms with Crippen LogP contribution in [-0.4, -0.2) is 18.5 Å². The average Bonchev–Trinajstić information content (AvgIpc) is 2.65. The largest absolute Gasteiger partial charge is 0.385 e. The molecule has 1 aromatic carbocycles. The summed E-state index contributed by atoms with van der Waals surface area (Å²) in [5.41, 5.74) is 2.06. The highest BCUT2D eigenvalue weighted by atomic mass is 16.2. The van der Waals surface area contributed by atoms with Crippen LogP contribution in [0.2, 0.25) is 0 Å². The molecule has 5 heteroatoms. The van der Waals surface area contributed by atoms with Crippen LogP contribution in [-0.2, 0) is 10.3 Å². The van der Waals surface area contributed by atoms with Crippen LogP contribution < -0.4 is 16.0 Å². The number of urea groups is 1. The van der Waals surface area contributed by atoms with Crippen molar-refractivity contribution in [2.75, 3.05) is 11.9 Å². The summed E-state index contributed by atoms with van der Waals surface area (Å²) in [6.45, 7) is 4.89. The quantitative estimate of drug-likeness (QED) is 0.672. The molecule has 3 amide bonds. The van der Waals surface area contributed by atoms with Gasteiger partial charge in [-0.1, -0.05) is 26.0 Å². The van der Waals surface area contributed by atoms with Crippen molar-refractivity contribution in [3.05, 3.63) is 29.3 Å². The lowest BCUT2D eigenvalue weighted by atomic mass is 9.81. The molecule has 100 valence electrons. The Hall–Kier alpha value is -2.04. The summed E-state index contributed by atoms with van der Waals surface area (Å²) in [6.07, 6.45) is 0.569. The van der Waals surface area contributed by atoms with Crippen molar-refractivity contribution in [1.82, 2.24) is 10.6 Å². The molecule has 1 spiro atoms. The van der Waals surface area contributed by atoms with Crippen molar-refractivity contribution in [2.24, 2.45) is 0 Å². The van der Waals surface area contributed by atoms with Gasteiger partial charge < -0.3 is 10.6 Å². The standard InChI is InChI=1S/C14H17N3O2/c1-8(2)9-3-4-11-10(7-9)14(5-6-15-11)12(18)16-13(19)17-14/h3-4,7-8,15H,5-6H2,1-2H3,(H2,16,17,18,19). The molecule has 1 fully saturated rings. The van der Waals surface area contributed by atoms with Crippen molar-refractivity contribution in [3.63, 3.8) is 0 Å². The van der Waals surface area contributed by atoms with Crippen LogP contribution in [0.15, 0.2) is 18.2 Å². The predicted octanol–water partition coefficient (Wildman–Crippen LogP) is 1.66. The van der Waals surface area contributed by atoms with Crippen LogP contribution in [0.3, 0.4) is 0 Å². The van der Waals surface area contributed by atoms with E-state index in [9.17, 15) is 9.59 Å². The molecule has 3 rings (SSSR count). The van der Waals surface area contributed by atoms with Crippen molar-refractivity contribution in [3.8, 4) is 0 Å². The lowest BCUT2D eigenvalue weighted by Gasteiger charge is -2.34. The molecule has 1 atom stereocenters. The molecule has 1 aromatic rings. The molecule has 5 nitrogen and oxygen atoms in total. The lowest BCUT2D eigenvalue weighted by Crippen LogP contribution is -2.48. The maximum absolute atomic E-state index is 12.2. The van der Waals surface area contributed by atoms with Crippen molar-refractivity contribution in [2.45, 2.75) is 31.7 Å². The van der Waals surface area contributed by atoms with Gasteiger partial charge >= 0.3 is 6.03 Å². The maximum Gasteiger partial charge on any atom is 0.322 e. The number of hydrogen-bond donors (Lipinski definition) is 3. The Kier molecular flexibility index (Phi) is 2.52. The molecule has 2 heterocycles.